The molecule has 2 aliphatic heterocycles. The molecule has 2 aromatic heterocycles. The number of sulfone groups is 1. The zero-order chi connectivity index (χ0) is 29.7. The summed E-state index contributed by atoms with van der Waals surface area (Å²) in [5.41, 5.74) is -0.455. The van der Waals surface area contributed by atoms with Crippen molar-refractivity contribution in [3.05, 3.63) is 68.9 Å². The van der Waals surface area contributed by atoms with Crippen molar-refractivity contribution in [1.29, 1.82) is 0 Å². The topological polar surface area (TPSA) is 107 Å². The second-order valence-electron chi connectivity index (χ2n) is 9.97. The number of carbonyl (C=O) groups excluding carboxylic acids is 1. The van der Waals surface area contributed by atoms with Gasteiger partial charge in [0.2, 0.25) is 5.91 Å². The first kappa shape index (κ1) is 29.1. The molecule has 1 aromatic carbocycles. The van der Waals surface area contributed by atoms with Gasteiger partial charge < -0.3 is 9.74 Å². The maximum atomic E-state index is 14.2. The number of thiazole rings is 1. The van der Waals surface area contributed by atoms with Crippen molar-refractivity contribution >= 4 is 32.8 Å². The van der Waals surface area contributed by atoms with E-state index in [4.69, 9.17) is 4.84 Å². The van der Waals surface area contributed by atoms with Crippen LogP contribution in [-0.2, 0) is 32.2 Å². The Kier molecular flexibility index (Phi) is 7.65. The summed E-state index contributed by atoms with van der Waals surface area (Å²) < 4.78 is 93.9. The van der Waals surface area contributed by atoms with Crippen LogP contribution >= 0.6 is 11.3 Å². The number of nitrogens with zero attached hydrogens (tertiary/aromatic N) is 5. The minimum atomic E-state index is -4.66. The van der Waals surface area contributed by atoms with E-state index in [1.54, 1.807) is 5.38 Å². The maximum absolute atomic E-state index is 14.2. The predicted octanol–water partition coefficient (Wildman–Crippen LogP) is 4.24. The highest BCUT2D eigenvalue weighted by Gasteiger charge is 2.41. The summed E-state index contributed by atoms with van der Waals surface area (Å²) in [4.78, 5) is 24.1. The van der Waals surface area contributed by atoms with Gasteiger partial charge in [-0.15, -0.1) is 11.3 Å². The highest BCUT2D eigenvalue weighted by molar-refractivity contribution is 7.91. The van der Waals surface area contributed by atoms with Crippen LogP contribution in [-0.4, -0.2) is 64.3 Å². The van der Waals surface area contributed by atoms with Crippen molar-refractivity contribution in [2.45, 2.75) is 49.8 Å². The monoisotopic (exact) mass is 617 g/mol. The lowest BCUT2D eigenvalue weighted by molar-refractivity contribution is -0.142. The van der Waals surface area contributed by atoms with E-state index in [0.29, 0.717) is 16.4 Å². The van der Waals surface area contributed by atoms with Gasteiger partial charge in [0.05, 0.1) is 21.5 Å². The van der Waals surface area contributed by atoms with Crippen LogP contribution in [0.5, 0.6) is 0 Å². The van der Waals surface area contributed by atoms with Gasteiger partial charge >= 0.3 is 6.18 Å². The lowest BCUT2D eigenvalue weighted by Crippen LogP contribution is -2.49. The van der Waals surface area contributed by atoms with E-state index < -0.39 is 63.1 Å². The van der Waals surface area contributed by atoms with Crippen molar-refractivity contribution in [3.8, 4) is 0 Å². The second-order valence-corrected chi connectivity index (χ2v) is 13.1. The van der Waals surface area contributed by atoms with Gasteiger partial charge in [-0.05, 0) is 31.5 Å². The van der Waals surface area contributed by atoms with Crippen molar-refractivity contribution < 1.29 is 40.0 Å². The number of aromatic nitrogens is 3. The van der Waals surface area contributed by atoms with Crippen LogP contribution in [0.25, 0.3) is 0 Å². The van der Waals surface area contributed by atoms with Crippen LogP contribution in [0, 0.1) is 18.6 Å². The molecule has 4 heterocycles. The average molecular weight is 618 g/mol. The highest BCUT2D eigenvalue weighted by Crippen LogP contribution is 2.37. The lowest BCUT2D eigenvalue weighted by Gasteiger charge is -2.36. The van der Waals surface area contributed by atoms with Crippen LogP contribution in [0.3, 0.4) is 0 Å². The molecule has 0 saturated carbocycles. The van der Waals surface area contributed by atoms with Gasteiger partial charge in [0.25, 0.3) is 0 Å². The summed E-state index contributed by atoms with van der Waals surface area (Å²) in [5, 5.41) is 8.57. The van der Waals surface area contributed by atoms with Crippen LogP contribution in [0.15, 0.2) is 34.8 Å². The lowest BCUT2D eigenvalue weighted by atomic mass is 9.96. The van der Waals surface area contributed by atoms with Gasteiger partial charge in [0.1, 0.15) is 23.9 Å². The Morgan fingerprint density at radius 3 is 2.56 bits per heavy atom. The SMILES string of the molecule is Cc1cc(C(F)(F)F)nn1CC(=O)N1CCC(c2nc(C3=NOC(c4c(F)cccc4F)C3)cs2)C(S(C)(=O)=O)C1. The van der Waals surface area contributed by atoms with Crippen LogP contribution in [0.4, 0.5) is 22.0 Å². The zero-order valence-electron chi connectivity index (χ0n) is 21.7. The molecule has 41 heavy (non-hydrogen) atoms. The smallest absolute Gasteiger partial charge is 0.387 e. The summed E-state index contributed by atoms with van der Waals surface area (Å²) >= 11 is 1.20. The van der Waals surface area contributed by atoms with E-state index in [2.05, 4.69) is 15.2 Å². The Balaban J connectivity index is 1.29. The third-order valence-corrected chi connectivity index (χ3v) is 9.70. The number of benzene rings is 1. The van der Waals surface area contributed by atoms with Crippen molar-refractivity contribution in [3.63, 3.8) is 0 Å². The fourth-order valence-corrected chi connectivity index (χ4v) is 7.42. The van der Waals surface area contributed by atoms with Gasteiger partial charge in [0, 0.05) is 42.8 Å². The molecule has 0 radical (unpaired) electrons. The zero-order valence-corrected chi connectivity index (χ0v) is 23.4. The van der Waals surface area contributed by atoms with E-state index in [1.165, 1.54) is 29.2 Å². The summed E-state index contributed by atoms with van der Waals surface area (Å²) in [6.45, 7) is 0.932. The Morgan fingerprint density at radius 2 is 1.93 bits per heavy atom. The molecule has 16 heteroatoms. The number of alkyl halides is 3. The molecule has 3 atom stereocenters. The van der Waals surface area contributed by atoms with Crippen LogP contribution in [0.2, 0.25) is 0 Å². The molecule has 0 N–H and O–H groups in total. The number of carbonyl (C=O) groups is 1. The molecule has 0 spiro atoms. The minimum Gasteiger partial charge on any atom is -0.387 e. The molecule has 2 aliphatic rings. The van der Waals surface area contributed by atoms with Crippen molar-refractivity contribution in [1.82, 2.24) is 19.7 Å². The Hall–Kier alpha value is -3.40. The van der Waals surface area contributed by atoms with Gasteiger partial charge in [-0.3, -0.25) is 9.48 Å². The molecule has 0 aliphatic carbocycles. The van der Waals surface area contributed by atoms with E-state index in [0.717, 1.165) is 29.1 Å². The molecule has 5 rings (SSSR count). The standard InChI is InChI=1S/C25H24F5N5O4S2/c1-13-8-21(25(28,29)30)32-35(13)11-22(36)34-7-6-14(20(10-34)41(2,37)38)24-31-18(12-40-24)17-9-19(39-33-17)23-15(26)4-3-5-16(23)27/h3-5,8,12,14,19-20H,6-7,9-11H2,1-2H3. The first-order valence-electron chi connectivity index (χ1n) is 12.4. The molecule has 220 valence electrons. The van der Waals surface area contributed by atoms with E-state index >= 15 is 0 Å². The Labute approximate surface area is 235 Å². The third-order valence-electron chi connectivity index (χ3n) is 7.14. The highest BCUT2D eigenvalue weighted by atomic mass is 32.2. The summed E-state index contributed by atoms with van der Waals surface area (Å²) in [7, 11) is -3.69. The fourth-order valence-electron chi connectivity index (χ4n) is 4.99. The number of hydrogen-bond acceptors (Lipinski definition) is 8. The Bertz CT molecular complexity index is 1600. The maximum Gasteiger partial charge on any atom is 0.435 e. The molecule has 1 saturated heterocycles. The average Bonchev–Trinajstić information content (AvgIpc) is 3.63. The number of rotatable bonds is 6. The quantitative estimate of drug-likeness (QED) is 0.383. The number of aryl methyl sites for hydroxylation is 1. The number of halogens is 5. The molecule has 3 unspecified atom stereocenters. The first-order valence-corrected chi connectivity index (χ1v) is 15.3. The Morgan fingerprint density at radius 1 is 1.22 bits per heavy atom. The van der Waals surface area contributed by atoms with Gasteiger partial charge in [-0.25, -0.2) is 22.2 Å². The molecule has 3 aromatic rings. The summed E-state index contributed by atoms with van der Waals surface area (Å²) in [6, 6.07) is 4.34. The van der Waals surface area contributed by atoms with Gasteiger partial charge in [-0.2, -0.15) is 18.3 Å². The summed E-state index contributed by atoms with van der Waals surface area (Å²) in [5.74, 6) is -2.63. The number of oxime groups is 1. The number of hydrogen-bond donors (Lipinski definition) is 0. The molecule has 1 fully saturated rings. The third kappa shape index (κ3) is 5.98. The first-order chi connectivity index (χ1) is 19.2. The normalized spacial score (nSPS) is 21.6. The van der Waals surface area contributed by atoms with E-state index in [9.17, 15) is 35.2 Å². The largest absolute Gasteiger partial charge is 0.435 e. The number of likely N-dealkylation sites (tertiary alicyclic amines) is 1. The predicted molar refractivity (Wildman–Crippen MR) is 138 cm³/mol. The fraction of sp³-hybridized carbons (Fsp3) is 0.440. The molecule has 1 amide bonds. The minimum absolute atomic E-state index is 0.0619. The van der Waals surface area contributed by atoms with E-state index in [1.807, 2.05) is 0 Å². The molecule has 0 bridgehead atoms. The van der Waals surface area contributed by atoms with Crippen molar-refractivity contribution in [2.75, 3.05) is 19.3 Å². The number of amides is 1. The molecule has 9 nitrogen and oxygen atoms in total. The van der Waals surface area contributed by atoms with Gasteiger partial charge in [0.15, 0.2) is 21.6 Å². The summed E-state index contributed by atoms with van der Waals surface area (Å²) in [6.07, 6.45) is -4.26. The van der Waals surface area contributed by atoms with Crippen LogP contribution < -0.4 is 0 Å². The van der Waals surface area contributed by atoms with Crippen LogP contribution in [0.1, 0.15) is 52.5 Å². The molecular weight excluding hydrogens is 593 g/mol. The second kappa shape index (κ2) is 10.8. The van der Waals surface area contributed by atoms with E-state index in [-0.39, 0.29) is 37.2 Å². The van der Waals surface area contributed by atoms with Crippen molar-refractivity contribution in [2.24, 2.45) is 5.16 Å². The molecular formula is C25H24F5N5O4S2. The van der Waals surface area contributed by atoms with Gasteiger partial charge in [-0.1, -0.05) is 11.2 Å². The number of piperidine rings is 1.